The third kappa shape index (κ3) is 3.52. The molecule has 1 aromatic carbocycles. The van der Waals surface area contributed by atoms with Crippen molar-refractivity contribution < 1.29 is 5.11 Å². The second kappa shape index (κ2) is 7.40. The summed E-state index contributed by atoms with van der Waals surface area (Å²) in [6, 6.07) is 4.00. The topological polar surface area (TPSA) is 94.1 Å². The van der Waals surface area contributed by atoms with E-state index < -0.39 is 0 Å². The third-order valence-electron chi connectivity index (χ3n) is 4.89. The van der Waals surface area contributed by atoms with E-state index >= 15 is 0 Å². The fourth-order valence-corrected chi connectivity index (χ4v) is 3.31. The molecular formula is C19H25N5O3. The number of hydrogen-bond acceptors (Lipinski definition) is 5. The molecule has 2 heterocycles. The zero-order chi connectivity index (χ0) is 19.7. The van der Waals surface area contributed by atoms with Gasteiger partial charge in [0, 0.05) is 27.2 Å². The van der Waals surface area contributed by atoms with Crippen molar-refractivity contribution in [1.29, 1.82) is 0 Å². The van der Waals surface area contributed by atoms with Gasteiger partial charge in [-0.2, -0.15) is 0 Å². The van der Waals surface area contributed by atoms with Crippen LogP contribution in [0.15, 0.2) is 28.0 Å². The van der Waals surface area contributed by atoms with E-state index in [4.69, 9.17) is 0 Å². The van der Waals surface area contributed by atoms with Crippen molar-refractivity contribution in [3.05, 3.63) is 56.0 Å². The molecule has 0 aliphatic carbocycles. The molecule has 2 aromatic heterocycles. The Bertz CT molecular complexity index is 1080. The summed E-state index contributed by atoms with van der Waals surface area (Å²) < 4.78 is 4.26. The number of phenolic OH excluding ortho intramolecular Hbond substituents is 1. The number of aryl methyl sites for hydroxylation is 3. The van der Waals surface area contributed by atoms with E-state index in [1.165, 1.54) is 17.2 Å². The van der Waals surface area contributed by atoms with Gasteiger partial charge >= 0.3 is 5.69 Å². The first kappa shape index (κ1) is 18.9. The molecule has 0 bridgehead atoms. The fourth-order valence-electron chi connectivity index (χ4n) is 3.31. The molecule has 0 spiro atoms. The van der Waals surface area contributed by atoms with Gasteiger partial charge < -0.3 is 15.0 Å². The van der Waals surface area contributed by atoms with E-state index in [2.05, 4.69) is 10.3 Å². The molecule has 0 aliphatic heterocycles. The molecule has 0 fully saturated rings. The second-order valence-corrected chi connectivity index (χ2v) is 6.89. The first-order valence-electron chi connectivity index (χ1n) is 8.92. The fraction of sp³-hybridized carbons (Fsp3) is 0.421. The van der Waals surface area contributed by atoms with Crippen molar-refractivity contribution in [2.75, 3.05) is 13.1 Å². The predicted octanol–water partition coefficient (Wildman–Crippen LogP) is 0.588. The van der Waals surface area contributed by atoms with Gasteiger partial charge in [0.25, 0.3) is 5.56 Å². The average Bonchev–Trinajstić information content (AvgIpc) is 3.06. The van der Waals surface area contributed by atoms with Crippen LogP contribution in [0.2, 0.25) is 0 Å². The SMILES string of the molecule is Cc1cc(CCNCCn2cnc3c2c(=O)n(C)c(=O)n3C)cc(C)c1O. The largest absolute Gasteiger partial charge is 0.507 e. The van der Waals surface area contributed by atoms with Gasteiger partial charge in [-0.3, -0.25) is 13.9 Å². The molecule has 2 N–H and O–H groups in total. The van der Waals surface area contributed by atoms with E-state index in [0.29, 0.717) is 30.0 Å². The van der Waals surface area contributed by atoms with Crippen LogP contribution >= 0.6 is 0 Å². The van der Waals surface area contributed by atoms with Crippen LogP contribution in [0.25, 0.3) is 11.2 Å². The Morgan fingerprint density at radius 3 is 2.41 bits per heavy atom. The Morgan fingerprint density at radius 1 is 1.07 bits per heavy atom. The Balaban J connectivity index is 1.63. The van der Waals surface area contributed by atoms with Crippen molar-refractivity contribution in [2.45, 2.75) is 26.8 Å². The summed E-state index contributed by atoms with van der Waals surface area (Å²) in [5, 5.41) is 13.2. The van der Waals surface area contributed by atoms with Gasteiger partial charge in [-0.1, -0.05) is 12.1 Å². The molecule has 144 valence electrons. The summed E-state index contributed by atoms with van der Waals surface area (Å²) in [5.74, 6) is 0.356. The highest BCUT2D eigenvalue weighted by atomic mass is 16.3. The summed E-state index contributed by atoms with van der Waals surface area (Å²) in [6.45, 7) is 5.84. The number of nitrogens with zero attached hydrogens (tertiary/aromatic N) is 4. The lowest BCUT2D eigenvalue weighted by atomic mass is 10.0. The minimum absolute atomic E-state index is 0.333. The molecule has 3 rings (SSSR count). The molecular weight excluding hydrogens is 346 g/mol. The smallest absolute Gasteiger partial charge is 0.332 e. The summed E-state index contributed by atoms with van der Waals surface area (Å²) in [4.78, 5) is 28.6. The zero-order valence-corrected chi connectivity index (χ0v) is 16.1. The van der Waals surface area contributed by atoms with Crippen molar-refractivity contribution >= 4 is 11.2 Å². The molecule has 8 nitrogen and oxygen atoms in total. The van der Waals surface area contributed by atoms with Crippen LogP contribution in [0.1, 0.15) is 16.7 Å². The Kier molecular flexibility index (Phi) is 5.18. The standard InChI is InChI=1S/C19H25N5O3/c1-12-9-14(10-13(2)16(12)25)5-6-20-7-8-24-11-21-17-15(24)18(26)23(4)19(27)22(17)3/h9-11,20,25H,5-8H2,1-4H3. The maximum Gasteiger partial charge on any atom is 0.332 e. The highest BCUT2D eigenvalue weighted by Gasteiger charge is 2.13. The highest BCUT2D eigenvalue weighted by molar-refractivity contribution is 5.69. The van der Waals surface area contributed by atoms with Gasteiger partial charge in [0.2, 0.25) is 0 Å². The number of phenols is 1. The van der Waals surface area contributed by atoms with Crippen LogP contribution in [-0.2, 0) is 27.1 Å². The molecule has 0 atom stereocenters. The second-order valence-electron chi connectivity index (χ2n) is 6.89. The van der Waals surface area contributed by atoms with Gasteiger partial charge in [-0.25, -0.2) is 9.78 Å². The normalized spacial score (nSPS) is 11.4. The van der Waals surface area contributed by atoms with Gasteiger partial charge in [0.05, 0.1) is 6.33 Å². The number of nitrogens with one attached hydrogen (secondary N) is 1. The van der Waals surface area contributed by atoms with E-state index in [-0.39, 0.29) is 11.2 Å². The first-order valence-corrected chi connectivity index (χ1v) is 8.92. The van der Waals surface area contributed by atoms with Crippen LogP contribution in [0.3, 0.4) is 0 Å². The van der Waals surface area contributed by atoms with Crippen molar-refractivity contribution in [3.8, 4) is 5.75 Å². The maximum atomic E-state index is 12.4. The number of rotatable bonds is 6. The average molecular weight is 371 g/mol. The van der Waals surface area contributed by atoms with Crippen LogP contribution in [-0.4, -0.2) is 36.9 Å². The summed E-state index contributed by atoms with van der Waals surface area (Å²) in [6.07, 6.45) is 2.45. The van der Waals surface area contributed by atoms with Crippen LogP contribution in [0.4, 0.5) is 0 Å². The minimum atomic E-state index is -0.379. The summed E-state index contributed by atoms with van der Waals surface area (Å²) >= 11 is 0. The minimum Gasteiger partial charge on any atom is -0.507 e. The highest BCUT2D eigenvalue weighted by Crippen LogP contribution is 2.22. The number of imidazole rings is 1. The number of hydrogen-bond donors (Lipinski definition) is 2. The Labute approximate surface area is 156 Å². The lowest BCUT2D eigenvalue weighted by Crippen LogP contribution is -2.37. The maximum absolute atomic E-state index is 12.4. The van der Waals surface area contributed by atoms with E-state index in [1.54, 1.807) is 17.9 Å². The molecule has 0 radical (unpaired) electrons. The van der Waals surface area contributed by atoms with E-state index in [0.717, 1.165) is 28.7 Å². The van der Waals surface area contributed by atoms with Gasteiger partial charge in [0.1, 0.15) is 5.75 Å². The number of fused-ring (bicyclic) bond motifs is 1. The molecule has 0 unspecified atom stereocenters. The Hall–Kier alpha value is -2.87. The molecule has 8 heteroatoms. The number of aromatic hydroxyl groups is 1. The molecule has 0 amide bonds. The van der Waals surface area contributed by atoms with E-state index in [1.807, 2.05) is 26.0 Å². The summed E-state index contributed by atoms with van der Waals surface area (Å²) in [7, 11) is 3.09. The Morgan fingerprint density at radius 2 is 1.74 bits per heavy atom. The summed E-state index contributed by atoms with van der Waals surface area (Å²) in [5.41, 5.74) is 3.07. The van der Waals surface area contributed by atoms with Gasteiger partial charge in [-0.15, -0.1) is 0 Å². The predicted molar refractivity (Wildman–Crippen MR) is 104 cm³/mol. The van der Waals surface area contributed by atoms with Crippen molar-refractivity contribution in [2.24, 2.45) is 14.1 Å². The molecule has 27 heavy (non-hydrogen) atoms. The molecule has 0 aliphatic rings. The van der Waals surface area contributed by atoms with E-state index in [9.17, 15) is 14.7 Å². The molecule has 3 aromatic rings. The van der Waals surface area contributed by atoms with Crippen molar-refractivity contribution in [3.63, 3.8) is 0 Å². The van der Waals surface area contributed by atoms with Gasteiger partial charge in [-0.05, 0) is 43.5 Å². The zero-order valence-electron chi connectivity index (χ0n) is 16.1. The first-order chi connectivity index (χ1) is 12.8. The lowest BCUT2D eigenvalue weighted by molar-refractivity contribution is 0.466. The monoisotopic (exact) mass is 371 g/mol. The molecule has 0 saturated carbocycles. The molecule has 0 saturated heterocycles. The number of benzene rings is 1. The third-order valence-corrected chi connectivity index (χ3v) is 4.89. The lowest BCUT2D eigenvalue weighted by Gasteiger charge is -2.10. The van der Waals surface area contributed by atoms with Crippen molar-refractivity contribution in [1.82, 2.24) is 24.0 Å². The quantitative estimate of drug-likeness (QED) is 0.619. The van der Waals surface area contributed by atoms with Gasteiger partial charge in [0.15, 0.2) is 11.2 Å². The number of aromatic nitrogens is 4. The van der Waals surface area contributed by atoms with Crippen LogP contribution in [0, 0.1) is 13.8 Å². The van der Waals surface area contributed by atoms with Crippen LogP contribution < -0.4 is 16.6 Å². The van der Waals surface area contributed by atoms with Crippen LogP contribution in [0.5, 0.6) is 5.75 Å².